The van der Waals surface area contributed by atoms with Crippen molar-refractivity contribution in [3.8, 4) is 11.5 Å². The van der Waals surface area contributed by atoms with Gasteiger partial charge in [0.25, 0.3) is 0 Å². The third-order valence-corrected chi connectivity index (χ3v) is 4.08. The molecule has 1 aliphatic rings. The summed E-state index contributed by atoms with van der Waals surface area (Å²) in [6.07, 6.45) is 0. The number of carbonyl (C=O) groups is 2. The molecule has 0 saturated carbocycles. The van der Waals surface area contributed by atoms with E-state index < -0.39 is 5.92 Å². The number of methoxy groups -OCH3 is 3. The van der Waals surface area contributed by atoms with Gasteiger partial charge in [-0.25, -0.2) is 0 Å². The first-order valence-corrected chi connectivity index (χ1v) is 7.09. The first-order chi connectivity index (χ1) is 10.5. The molecule has 1 amide bonds. The van der Waals surface area contributed by atoms with Crippen molar-refractivity contribution >= 4 is 11.9 Å². The molecule has 1 aliphatic heterocycles. The Morgan fingerprint density at radius 3 is 2.59 bits per heavy atom. The van der Waals surface area contributed by atoms with Crippen molar-refractivity contribution in [1.82, 2.24) is 4.90 Å². The first-order valence-electron chi connectivity index (χ1n) is 7.09. The molecule has 2 unspecified atom stereocenters. The summed E-state index contributed by atoms with van der Waals surface area (Å²) in [6.45, 7) is 2.51. The average molecular weight is 307 g/mol. The van der Waals surface area contributed by atoms with Crippen LogP contribution in [0, 0.1) is 11.8 Å². The molecule has 2 rings (SSSR count). The van der Waals surface area contributed by atoms with Crippen molar-refractivity contribution in [2.24, 2.45) is 11.8 Å². The molecule has 0 bridgehead atoms. The minimum absolute atomic E-state index is 0.0479. The smallest absolute Gasteiger partial charge is 0.311 e. The van der Waals surface area contributed by atoms with E-state index in [4.69, 9.17) is 14.2 Å². The van der Waals surface area contributed by atoms with E-state index in [1.54, 1.807) is 32.1 Å². The fourth-order valence-corrected chi connectivity index (χ4v) is 2.71. The summed E-state index contributed by atoms with van der Waals surface area (Å²) in [5.41, 5.74) is 0.870. The molecule has 2 atom stereocenters. The van der Waals surface area contributed by atoms with E-state index in [0.29, 0.717) is 24.6 Å². The van der Waals surface area contributed by atoms with Crippen LogP contribution in [0.2, 0.25) is 0 Å². The van der Waals surface area contributed by atoms with Crippen molar-refractivity contribution in [2.45, 2.75) is 13.5 Å². The van der Waals surface area contributed by atoms with Crippen molar-refractivity contribution < 1.29 is 23.8 Å². The number of likely N-dealkylation sites (tertiary alicyclic amines) is 1. The lowest BCUT2D eigenvalue weighted by Crippen LogP contribution is -2.26. The molecule has 0 aromatic heterocycles. The zero-order valence-electron chi connectivity index (χ0n) is 13.3. The van der Waals surface area contributed by atoms with Crippen molar-refractivity contribution in [3.05, 3.63) is 23.8 Å². The zero-order valence-corrected chi connectivity index (χ0v) is 13.3. The van der Waals surface area contributed by atoms with Crippen LogP contribution in [-0.2, 0) is 20.9 Å². The van der Waals surface area contributed by atoms with Crippen molar-refractivity contribution in [3.63, 3.8) is 0 Å². The van der Waals surface area contributed by atoms with Crippen LogP contribution in [0.1, 0.15) is 12.5 Å². The number of esters is 1. The maximum absolute atomic E-state index is 12.3. The number of rotatable bonds is 5. The van der Waals surface area contributed by atoms with Gasteiger partial charge in [0, 0.05) is 24.7 Å². The lowest BCUT2D eigenvalue weighted by atomic mass is 9.98. The van der Waals surface area contributed by atoms with Crippen molar-refractivity contribution in [2.75, 3.05) is 27.9 Å². The number of hydrogen-bond acceptors (Lipinski definition) is 5. The van der Waals surface area contributed by atoms with E-state index in [2.05, 4.69) is 0 Å². The van der Waals surface area contributed by atoms with Gasteiger partial charge >= 0.3 is 5.97 Å². The van der Waals surface area contributed by atoms with Gasteiger partial charge in [0.2, 0.25) is 5.91 Å². The van der Waals surface area contributed by atoms with Crippen LogP contribution in [0.25, 0.3) is 0 Å². The monoisotopic (exact) mass is 307 g/mol. The van der Waals surface area contributed by atoms with E-state index in [1.807, 2.05) is 12.1 Å². The number of nitrogens with zero attached hydrogens (tertiary/aromatic N) is 1. The SMILES string of the molecule is COC(=O)C1CN(Cc2ccc(OC)cc2OC)C(=O)C1C. The summed E-state index contributed by atoms with van der Waals surface area (Å²) in [4.78, 5) is 25.7. The van der Waals surface area contributed by atoms with Crippen LogP contribution in [0.15, 0.2) is 18.2 Å². The van der Waals surface area contributed by atoms with E-state index in [1.165, 1.54) is 7.11 Å². The minimum Gasteiger partial charge on any atom is -0.497 e. The summed E-state index contributed by atoms with van der Waals surface area (Å²) in [5, 5.41) is 0. The van der Waals surface area contributed by atoms with Gasteiger partial charge in [0.1, 0.15) is 11.5 Å². The number of amides is 1. The summed E-state index contributed by atoms with van der Waals surface area (Å²) >= 11 is 0. The van der Waals surface area contributed by atoms with Gasteiger partial charge < -0.3 is 19.1 Å². The quantitative estimate of drug-likeness (QED) is 0.771. The summed E-state index contributed by atoms with van der Waals surface area (Å²) in [7, 11) is 4.50. The Balaban J connectivity index is 2.17. The molecule has 1 aromatic carbocycles. The predicted octanol–water partition coefficient (Wildman–Crippen LogP) is 1.47. The lowest BCUT2D eigenvalue weighted by Gasteiger charge is -2.18. The van der Waals surface area contributed by atoms with E-state index in [9.17, 15) is 9.59 Å². The lowest BCUT2D eigenvalue weighted by molar-refractivity contribution is -0.147. The minimum atomic E-state index is -0.415. The second kappa shape index (κ2) is 6.68. The highest BCUT2D eigenvalue weighted by Crippen LogP contribution is 2.30. The fraction of sp³-hybridized carbons (Fsp3) is 0.500. The molecule has 1 fully saturated rings. The average Bonchev–Trinajstić information content (AvgIpc) is 2.83. The third kappa shape index (κ3) is 3.00. The first kappa shape index (κ1) is 16.1. The number of carbonyl (C=O) groups excluding carboxylic acids is 2. The molecule has 6 heteroatoms. The maximum Gasteiger partial charge on any atom is 0.311 e. The van der Waals surface area contributed by atoms with Gasteiger partial charge in [-0.3, -0.25) is 9.59 Å². The maximum atomic E-state index is 12.3. The highest BCUT2D eigenvalue weighted by atomic mass is 16.5. The molecular formula is C16H21NO5. The number of hydrogen-bond donors (Lipinski definition) is 0. The summed E-state index contributed by atoms with van der Waals surface area (Å²) in [6, 6.07) is 5.46. The van der Waals surface area contributed by atoms with Gasteiger partial charge in [-0.05, 0) is 12.1 Å². The predicted molar refractivity (Wildman–Crippen MR) is 79.6 cm³/mol. The van der Waals surface area contributed by atoms with Crippen LogP contribution < -0.4 is 9.47 Å². The number of ether oxygens (including phenoxy) is 3. The van der Waals surface area contributed by atoms with Crippen LogP contribution >= 0.6 is 0 Å². The molecule has 120 valence electrons. The molecule has 22 heavy (non-hydrogen) atoms. The molecule has 0 N–H and O–H groups in total. The summed E-state index contributed by atoms with van der Waals surface area (Å²) < 4.78 is 15.3. The number of benzene rings is 1. The van der Waals surface area contributed by atoms with Crippen LogP contribution in [0.5, 0.6) is 11.5 Å². The normalized spacial score (nSPS) is 20.9. The highest BCUT2D eigenvalue weighted by Gasteiger charge is 2.42. The van der Waals surface area contributed by atoms with Crippen LogP contribution in [0.3, 0.4) is 0 Å². The van der Waals surface area contributed by atoms with E-state index in [-0.39, 0.29) is 17.8 Å². The fourth-order valence-electron chi connectivity index (χ4n) is 2.71. The Labute approximate surface area is 129 Å². The Morgan fingerprint density at radius 1 is 1.27 bits per heavy atom. The van der Waals surface area contributed by atoms with Crippen molar-refractivity contribution in [1.29, 1.82) is 0 Å². The standard InChI is InChI=1S/C16H21NO5/c1-10-13(16(19)22-4)9-17(15(10)18)8-11-5-6-12(20-2)7-14(11)21-3/h5-7,10,13H,8-9H2,1-4H3. The molecule has 1 aromatic rings. The van der Waals surface area contributed by atoms with Gasteiger partial charge in [-0.15, -0.1) is 0 Å². The molecule has 0 aliphatic carbocycles. The molecular weight excluding hydrogens is 286 g/mol. The Hall–Kier alpha value is -2.24. The van der Waals surface area contributed by atoms with Gasteiger partial charge in [0.15, 0.2) is 0 Å². The topological polar surface area (TPSA) is 65.1 Å². The second-order valence-electron chi connectivity index (χ2n) is 5.31. The van der Waals surface area contributed by atoms with Crippen LogP contribution in [-0.4, -0.2) is 44.7 Å². The molecule has 1 saturated heterocycles. The second-order valence-corrected chi connectivity index (χ2v) is 5.31. The summed E-state index contributed by atoms with van der Waals surface area (Å²) in [5.74, 6) is 0.173. The van der Waals surface area contributed by atoms with Gasteiger partial charge in [0.05, 0.1) is 33.2 Å². The Morgan fingerprint density at radius 2 is 2.00 bits per heavy atom. The largest absolute Gasteiger partial charge is 0.497 e. The Bertz CT molecular complexity index is 572. The zero-order chi connectivity index (χ0) is 16.3. The Kier molecular flexibility index (Phi) is 4.90. The van der Waals surface area contributed by atoms with Gasteiger partial charge in [-0.2, -0.15) is 0 Å². The van der Waals surface area contributed by atoms with E-state index in [0.717, 1.165) is 5.56 Å². The van der Waals surface area contributed by atoms with E-state index >= 15 is 0 Å². The molecule has 1 heterocycles. The molecule has 0 radical (unpaired) electrons. The highest BCUT2D eigenvalue weighted by molar-refractivity contribution is 5.88. The third-order valence-electron chi connectivity index (χ3n) is 4.08. The van der Waals surface area contributed by atoms with Gasteiger partial charge in [-0.1, -0.05) is 6.92 Å². The van der Waals surface area contributed by atoms with Crippen LogP contribution in [0.4, 0.5) is 0 Å². The molecule has 0 spiro atoms. The molecule has 6 nitrogen and oxygen atoms in total.